The normalized spacial score (nSPS) is 33.4. The zero-order valence-corrected chi connectivity index (χ0v) is 12.1. The van der Waals surface area contributed by atoms with Gasteiger partial charge in [0.15, 0.2) is 4.14 Å². The zero-order chi connectivity index (χ0) is 11.6. The fourth-order valence-corrected chi connectivity index (χ4v) is 2.82. The molecule has 0 aliphatic heterocycles. The van der Waals surface area contributed by atoms with Gasteiger partial charge < -0.3 is 4.74 Å². The van der Waals surface area contributed by atoms with E-state index < -0.39 is 4.14 Å². The lowest BCUT2D eigenvalue weighted by molar-refractivity contribution is -0.0430. The van der Waals surface area contributed by atoms with Crippen molar-refractivity contribution < 1.29 is 4.74 Å². The Morgan fingerprint density at radius 2 is 1.93 bits per heavy atom. The average molecular weight is 266 g/mol. The molecule has 1 fully saturated rings. The topological polar surface area (TPSA) is 9.23 Å². The summed E-state index contributed by atoms with van der Waals surface area (Å²) in [5.41, 5.74) is 0. The maximum atomic E-state index is 5.84. The highest BCUT2D eigenvalue weighted by molar-refractivity contribution is 6.63. The van der Waals surface area contributed by atoms with Crippen LogP contribution >= 0.6 is 23.2 Å². The van der Waals surface area contributed by atoms with E-state index in [0.717, 1.165) is 6.42 Å². The zero-order valence-electron chi connectivity index (χ0n) is 9.59. The number of hydrogen-bond donors (Lipinski definition) is 0. The highest BCUT2D eigenvalue weighted by Crippen LogP contribution is 2.38. The van der Waals surface area contributed by atoms with Gasteiger partial charge in [-0.15, -0.1) is 0 Å². The minimum Gasteiger partial charge on any atom is -0.347 e. The molecule has 87 valence electrons. The van der Waals surface area contributed by atoms with E-state index in [9.17, 15) is 0 Å². The first-order valence-corrected chi connectivity index (χ1v) is 6.86. The number of hydrogen-bond acceptors (Lipinski definition) is 1. The Bertz CT molecular complexity index is 203. The van der Waals surface area contributed by atoms with Crippen molar-refractivity contribution in [1.82, 2.24) is 0 Å². The van der Waals surface area contributed by atoms with Crippen LogP contribution < -0.4 is 0 Å². The minimum absolute atomic E-state index is 0.168. The quantitative estimate of drug-likeness (QED) is 0.559. The molecule has 3 atom stereocenters. The standard InChI is InChI=1S/C11H19Cl2OSi/c1-7(2)9-5-4-8(3)6-10(9)14-11(12,13)15/h7-10H,4-6H2,1-3H3. The van der Waals surface area contributed by atoms with Crippen molar-refractivity contribution in [3.63, 3.8) is 0 Å². The second-order valence-corrected chi connectivity index (χ2v) is 7.60. The molecule has 0 amide bonds. The van der Waals surface area contributed by atoms with Gasteiger partial charge in [-0.1, -0.05) is 50.4 Å². The van der Waals surface area contributed by atoms with Gasteiger partial charge >= 0.3 is 0 Å². The van der Waals surface area contributed by atoms with Crippen LogP contribution in [0.4, 0.5) is 0 Å². The van der Waals surface area contributed by atoms with Crippen LogP contribution in [0.3, 0.4) is 0 Å². The van der Waals surface area contributed by atoms with E-state index in [0.29, 0.717) is 17.8 Å². The lowest BCUT2D eigenvalue weighted by atomic mass is 9.75. The van der Waals surface area contributed by atoms with Crippen molar-refractivity contribution in [3.05, 3.63) is 0 Å². The van der Waals surface area contributed by atoms with Gasteiger partial charge in [-0.2, -0.15) is 0 Å². The molecule has 0 saturated heterocycles. The van der Waals surface area contributed by atoms with E-state index >= 15 is 0 Å². The minimum atomic E-state index is -1.24. The lowest BCUT2D eigenvalue weighted by Gasteiger charge is -2.39. The summed E-state index contributed by atoms with van der Waals surface area (Å²) in [6.45, 7) is 6.72. The summed E-state index contributed by atoms with van der Waals surface area (Å²) in [5.74, 6) is 1.88. The highest BCUT2D eigenvalue weighted by Gasteiger charge is 2.35. The smallest absolute Gasteiger partial charge is 0.192 e. The molecule has 3 unspecified atom stereocenters. The van der Waals surface area contributed by atoms with Crippen molar-refractivity contribution in [1.29, 1.82) is 0 Å². The van der Waals surface area contributed by atoms with E-state index in [1.165, 1.54) is 12.8 Å². The molecular formula is C11H19Cl2OSi. The van der Waals surface area contributed by atoms with Gasteiger partial charge in [0.2, 0.25) is 0 Å². The second kappa shape index (κ2) is 5.39. The highest BCUT2D eigenvalue weighted by atomic mass is 35.5. The maximum Gasteiger partial charge on any atom is 0.192 e. The van der Waals surface area contributed by atoms with Crippen LogP contribution in [0.2, 0.25) is 0 Å². The molecule has 1 aliphatic carbocycles. The molecule has 0 N–H and O–H groups in total. The van der Waals surface area contributed by atoms with Gasteiger partial charge in [-0.3, -0.25) is 0 Å². The molecule has 3 radical (unpaired) electrons. The molecule has 15 heavy (non-hydrogen) atoms. The molecule has 0 aromatic carbocycles. The van der Waals surface area contributed by atoms with E-state index in [2.05, 4.69) is 31.0 Å². The first kappa shape index (κ1) is 13.8. The first-order valence-electron chi connectivity index (χ1n) is 5.60. The Balaban J connectivity index is 2.62. The fourth-order valence-electron chi connectivity index (χ4n) is 2.44. The van der Waals surface area contributed by atoms with Crippen molar-refractivity contribution in [2.24, 2.45) is 17.8 Å². The molecule has 4 heteroatoms. The number of halogens is 2. The molecule has 0 spiro atoms. The Labute approximate surface area is 106 Å². The number of alkyl halides is 2. The predicted octanol–water partition coefficient (Wildman–Crippen LogP) is 3.72. The Morgan fingerprint density at radius 1 is 1.33 bits per heavy atom. The van der Waals surface area contributed by atoms with Crippen molar-refractivity contribution in [2.75, 3.05) is 0 Å². The first-order chi connectivity index (χ1) is 6.79. The van der Waals surface area contributed by atoms with Crippen molar-refractivity contribution in [3.8, 4) is 0 Å². The third kappa shape index (κ3) is 4.64. The molecule has 0 heterocycles. The molecule has 0 bridgehead atoms. The van der Waals surface area contributed by atoms with E-state index in [4.69, 9.17) is 27.9 Å². The fraction of sp³-hybridized carbons (Fsp3) is 1.00. The van der Waals surface area contributed by atoms with Crippen LogP contribution in [0.25, 0.3) is 0 Å². The van der Waals surface area contributed by atoms with Gasteiger partial charge in [0.25, 0.3) is 0 Å². The summed E-state index contributed by atoms with van der Waals surface area (Å²) in [6.07, 6.45) is 3.71. The molecule has 1 aliphatic rings. The molecule has 1 nitrogen and oxygen atoms in total. The maximum absolute atomic E-state index is 5.84. The summed E-state index contributed by atoms with van der Waals surface area (Å²) < 4.78 is 4.43. The molecule has 1 rings (SSSR count). The van der Waals surface area contributed by atoms with E-state index in [1.807, 2.05) is 0 Å². The number of ether oxygens (including phenoxy) is 1. The molecule has 1 saturated carbocycles. The monoisotopic (exact) mass is 265 g/mol. The largest absolute Gasteiger partial charge is 0.347 e. The van der Waals surface area contributed by atoms with Crippen molar-refractivity contribution >= 4 is 33.4 Å². The van der Waals surface area contributed by atoms with Gasteiger partial charge in [-0.05, 0) is 30.6 Å². The van der Waals surface area contributed by atoms with Crippen LogP contribution in [-0.4, -0.2) is 20.5 Å². The second-order valence-electron chi connectivity index (χ2n) is 5.00. The third-order valence-corrected chi connectivity index (χ3v) is 3.56. The van der Waals surface area contributed by atoms with Crippen LogP contribution in [0.15, 0.2) is 0 Å². The molecule has 0 aromatic rings. The Hall–Kier alpha value is 0.757. The van der Waals surface area contributed by atoms with Gasteiger partial charge in [0.05, 0.1) is 6.10 Å². The average Bonchev–Trinajstić information content (AvgIpc) is 1.99. The molecular weight excluding hydrogens is 247 g/mol. The summed E-state index contributed by atoms with van der Waals surface area (Å²) >= 11 is 11.7. The van der Waals surface area contributed by atoms with Crippen molar-refractivity contribution in [2.45, 2.75) is 50.3 Å². The van der Waals surface area contributed by atoms with Gasteiger partial charge in [0, 0.05) is 0 Å². The Morgan fingerprint density at radius 3 is 2.40 bits per heavy atom. The summed E-state index contributed by atoms with van der Waals surface area (Å²) in [7, 11) is 3.17. The summed E-state index contributed by atoms with van der Waals surface area (Å²) in [4.78, 5) is 0. The summed E-state index contributed by atoms with van der Waals surface area (Å²) in [6, 6.07) is 0. The lowest BCUT2D eigenvalue weighted by Crippen LogP contribution is -2.38. The summed E-state index contributed by atoms with van der Waals surface area (Å²) in [5, 5.41) is 0. The Kier molecular flexibility index (Phi) is 4.97. The predicted molar refractivity (Wildman–Crippen MR) is 66.4 cm³/mol. The SMILES string of the molecule is CC1CCC(C(C)C)C(OC([Si])(Cl)Cl)C1. The van der Waals surface area contributed by atoms with Gasteiger partial charge in [-0.25, -0.2) is 0 Å². The van der Waals surface area contributed by atoms with Crippen LogP contribution in [-0.2, 0) is 4.74 Å². The van der Waals surface area contributed by atoms with E-state index in [-0.39, 0.29) is 6.10 Å². The third-order valence-electron chi connectivity index (χ3n) is 3.26. The van der Waals surface area contributed by atoms with E-state index in [1.54, 1.807) is 0 Å². The van der Waals surface area contributed by atoms with Crippen LogP contribution in [0, 0.1) is 17.8 Å². The van der Waals surface area contributed by atoms with Crippen LogP contribution in [0.1, 0.15) is 40.0 Å². The van der Waals surface area contributed by atoms with Gasteiger partial charge in [0.1, 0.15) is 10.2 Å². The number of rotatable bonds is 3. The molecule has 0 aromatic heterocycles. The van der Waals surface area contributed by atoms with Crippen LogP contribution in [0.5, 0.6) is 0 Å².